The van der Waals surface area contributed by atoms with Crippen LogP contribution in [0.4, 0.5) is 0 Å². The number of methoxy groups -OCH3 is 1. The maximum absolute atomic E-state index is 12.0. The van der Waals surface area contributed by atoms with E-state index in [0.717, 1.165) is 19.4 Å². The van der Waals surface area contributed by atoms with Crippen LogP contribution in [0.15, 0.2) is 24.3 Å². The number of hydrogen-bond acceptors (Lipinski definition) is 5. The van der Waals surface area contributed by atoms with Crippen LogP contribution in [-0.4, -0.2) is 40.6 Å². The molecule has 0 aliphatic carbocycles. The Morgan fingerprint density at radius 1 is 1.38 bits per heavy atom. The zero-order chi connectivity index (χ0) is 15.3. The molecule has 1 aliphatic rings. The fourth-order valence-corrected chi connectivity index (χ4v) is 3.47. The van der Waals surface area contributed by atoms with Crippen molar-refractivity contribution in [3.05, 3.63) is 35.4 Å². The molecule has 6 nitrogen and oxygen atoms in total. The predicted molar refractivity (Wildman–Crippen MR) is 79.4 cm³/mol. The van der Waals surface area contributed by atoms with Crippen LogP contribution in [0.5, 0.6) is 0 Å². The van der Waals surface area contributed by atoms with Crippen LogP contribution in [0.2, 0.25) is 0 Å². The van der Waals surface area contributed by atoms with Crippen LogP contribution in [-0.2, 0) is 20.5 Å². The van der Waals surface area contributed by atoms with E-state index < -0.39 is 16.0 Å². The van der Waals surface area contributed by atoms with Gasteiger partial charge in [0.25, 0.3) is 0 Å². The van der Waals surface area contributed by atoms with Crippen molar-refractivity contribution in [3.63, 3.8) is 0 Å². The van der Waals surface area contributed by atoms with Crippen molar-refractivity contribution in [2.45, 2.75) is 24.6 Å². The van der Waals surface area contributed by atoms with Crippen LogP contribution >= 0.6 is 0 Å². The molecule has 0 saturated carbocycles. The minimum absolute atomic E-state index is 0.0961. The average molecular weight is 312 g/mol. The van der Waals surface area contributed by atoms with Gasteiger partial charge in [0.2, 0.25) is 10.0 Å². The van der Waals surface area contributed by atoms with Crippen molar-refractivity contribution in [2.24, 2.45) is 0 Å². The van der Waals surface area contributed by atoms with Crippen LogP contribution in [0.1, 0.15) is 28.8 Å². The number of nitrogens with one attached hydrogen (secondary N) is 2. The highest BCUT2D eigenvalue weighted by Gasteiger charge is 2.18. The monoisotopic (exact) mass is 312 g/mol. The highest BCUT2D eigenvalue weighted by molar-refractivity contribution is 7.88. The molecule has 0 radical (unpaired) electrons. The minimum Gasteiger partial charge on any atom is -0.465 e. The molecule has 1 aromatic rings. The van der Waals surface area contributed by atoms with E-state index in [1.807, 2.05) is 0 Å². The van der Waals surface area contributed by atoms with Crippen molar-refractivity contribution >= 4 is 16.0 Å². The number of carbonyl (C=O) groups excluding carboxylic acids is 1. The zero-order valence-corrected chi connectivity index (χ0v) is 12.8. The lowest BCUT2D eigenvalue weighted by molar-refractivity contribution is 0.0600. The normalized spacial score (nSPS) is 18.6. The number of ether oxygens (including phenoxy) is 1. The molecule has 116 valence electrons. The Bertz CT molecular complexity index is 577. The first-order valence-corrected chi connectivity index (χ1v) is 8.53. The van der Waals surface area contributed by atoms with Crippen molar-refractivity contribution in [1.29, 1.82) is 0 Å². The lowest BCUT2D eigenvalue weighted by Gasteiger charge is -2.12. The zero-order valence-electron chi connectivity index (χ0n) is 12.0. The van der Waals surface area contributed by atoms with Gasteiger partial charge in [0.05, 0.1) is 18.4 Å². The second-order valence-electron chi connectivity index (χ2n) is 5.09. The van der Waals surface area contributed by atoms with Gasteiger partial charge < -0.3 is 10.1 Å². The van der Waals surface area contributed by atoms with E-state index >= 15 is 0 Å². The second-order valence-corrected chi connectivity index (χ2v) is 6.90. The predicted octanol–water partition coefficient (Wildman–Crippen LogP) is 0.645. The molecule has 1 atom stereocenters. The fraction of sp³-hybridized carbons (Fsp3) is 0.500. The van der Waals surface area contributed by atoms with Crippen LogP contribution in [0, 0.1) is 0 Å². The third kappa shape index (κ3) is 4.80. The van der Waals surface area contributed by atoms with Gasteiger partial charge in [-0.1, -0.05) is 12.1 Å². The number of carbonyl (C=O) groups is 1. The molecule has 2 N–H and O–H groups in total. The first-order valence-electron chi connectivity index (χ1n) is 6.88. The molecule has 1 saturated heterocycles. The summed E-state index contributed by atoms with van der Waals surface area (Å²) in [6, 6.07) is 6.60. The first-order chi connectivity index (χ1) is 10.00. The van der Waals surface area contributed by atoms with Gasteiger partial charge in [0.15, 0.2) is 0 Å². The molecular formula is C14H20N2O4S. The Labute approximate surface area is 124 Å². The molecule has 7 heteroatoms. The standard InChI is InChI=1S/C14H20N2O4S/c1-20-14(17)12-6-4-11(5-7-12)10-21(18,19)16-9-13-3-2-8-15-13/h4-7,13,15-16H,2-3,8-10H2,1H3. The molecule has 1 aromatic carbocycles. The van der Waals surface area contributed by atoms with Crippen molar-refractivity contribution in [3.8, 4) is 0 Å². The summed E-state index contributed by atoms with van der Waals surface area (Å²) in [5, 5.41) is 3.24. The Morgan fingerprint density at radius 3 is 2.67 bits per heavy atom. The quantitative estimate of drug-likeness (QED) is 0.753. The van der Waals surface area contributed by atoms with Gasteiger partial charge >= 0.3 is 5.97 Å². The van der Waals surface area contributed by atoms with Gasteiger partial charge in [0, 0.05) is 12.6 Å². The van der Waals surface area contributed by atoms with E-state index in [9.17, 15) is 13.2 Å². The first kappa shape index (κ1) is 15.9. The Balaban J connectivity index is 1.91. The summed E-state index contributed by atoms with van der Waals surface area (Å²) in [7, 11) is -2.06. The third-order valence-electron chi connectivity index (χ3n) is 3.44. The molecule has 0 amide bonds. The molecule has 0 aromatic heterocycles. The summed E-state index contributed by atoms with van der Waals surface area (Å²) >= 11 is 0. The van der Waals surface area contributed by atoms with E-state index in [1.54, 1.807) is 24.3 Å². The molecule has 1 fully saturated rings. The fourth-order valence-electron chi connectivity index (χ4n) is 2.28. The summed E-state index contributed by atoms with van der Waals surface area (Å²) in [5.41, 5.74) is 1.04. The summed E-state index contributed by atoms with van der Waals surface area (Å²) in [6.07, 6.45) is 2.08. The van der Waals surface area contributed by atoms with E-state index in [-0.39, 0.29) is 11.8 Å². The summed E-state index contributed by atoms with van der Waals surface area (Å²) in [4.78, 5) is 11.3. The maximum Gasteiger partial charge on any atom is 0.337 e. The second kappa shape index (κ2) is 7.02. The molecule has 0 spiro atoms. The lowest BCUT2D eigenvalue weighted by atomic mass is 10.1. The molecular weight excluding hydrogens is 292 g/mol. The molecule has 2 rings (SSSR count). The van der Waals surface area contributed by atoms with Gasteiger partial charge in [-0.2, -0.15) is 0 Å². The number of esters is 1. The lowest BCUT2D eigenvalue weighted by Crippen LogP contribution is -2.37. The van der Waals surface area contributed by atoms with Crippen molar-refractivity contribution in [1.82, 2.24) is 10.0 Å². The summed E-state index contributed by atoms with van der Waals surface area (Å²) in [5.74, 6) is -0.531. The molecule has 1 aliphatic heterocycles. The van der Waals surface area contributed by atoms with Crippen molar-refractivity contribution < 1.29 is 17.9 Å². The number of hydrogen-bond donors (Lipinski definition) is 2. The molecule has 1 unspecified atom stereocenters. The third-order valence-corrected chi connectivity index (χ3v) is 4.76. The van der Waals surface area contributed by atoms with E-state index in [2.05, 4.69) is 14.8 Å². The van der Waals surface area contributed by atoms with E-state index in [1.165, 1.54) is 7.11 Å². The summed E-state index contributed by atoms with van der Waals surface area (Å²) in [6.45, 7) is 1.37. The Kier molecular flexibility index (Phi) is 5.33. The highest BCUT2D eigenvalue weighted by Crippen LogP contribution is 2.09. The highest BCUT2D eigenvalue weighted by atomic mass is 32.2. The molecule has 1 heterocycles. The topological polar surface area (TPSA) is 84.5 Å². The minimum atomic E-state index is -3.37. The van der Waals surface area contributed by atoms with Gasteiger partial charge in [-0.3, -0.25) is 0 Å². The number of rotatable bonds is 6. The van der Waals surface area contributed by atoms with Gasteiger partial charge in [-0.25, -0.2) is 17.9 Å². The van der Waals surface area contributed by atoms with Gasteiger partial charge in [-0.05, 0) is 37.1 Å². The van der Waals surface area contributed by atoms with E-state index in [4.69, 9.17) is 0 Å². The largest absolute Gasteiger partial charge is 0.465 e. The molecule has 0 bridgehead atoms. The van der Waals surface area contributed by atoms with Gasteiger partial charge in [-0.15, -0.1) is 0 Å². The van der Waals surface area contributed by atoms with Crippen LogP contribution < -0.4 is 10.0 Å². The van der Waals surface area contributed by atoms with Crippen LogP contribution in [0.3, 0.4) is 0 Å². The number of benzene rings is 1. The average Bonchev–Trinajstić information content (AvgIpc) is 2.98. The molecule has 21 heavy (non-hydrogen) atoms. The van der Waals surface area contributed by atoms with Gasteiger partial charge in [0.1, 0.15) is 0 Å². The Hall–Kier alpha value is -1.44. The summed E-state index contributed by atoms with van der Waals surface area (Å²) < 4.78 is 31.2. The van der Waals surface area contributed by atoms with E-state index in [0.29, 0.717) is 17.7 Å². The maximum atomic E-state index is 12.0. The smallest absolute Gasteiger partial charge is 0.337 e. The number of sulfonamides is 1. The van der Waals surface area contributed by atoms with Crippen molar-refractivity contribution in [2.75, 3.05) is 20.2 Å². The SMILES string of the molecule is COC(=O)c1ccc(CS(=O)(=O)NCC2CCCN2)cc1. The Morgan fingerprint density at radius 2 is 2.10 bits per heavy atom. The van der Waals surface area contributed by atoms with Crippen LogP contribution in [0.25, 0.3) is 0 Å².